The molecule has 1 aromatic heterocycles. The smallest absolute Gasteiger partial charge is 0.332 e. The minimum absolute atomic E-state index is 0.119. The summed E-state index contributed by atoms with van der Waals surface area (Å²) in [7, 11) is 1.76. The van der Waals surface area contributed by atoms with Crippen LogP contribution in [0.2, 0.25) is 19.6 Å². The highest BCUT2D eigenvalue weighted by Gasteiger charge is 2.17. The number of methoxy groups -OCH3 is 2. The van der Waals surface area contributed by atoms with E-state index in [1.54, 1.807) is 6.92 Å². The summed E-state index contributed by atoms with van der Waals surface area (Å²) in [6.07, 6.45) is 8.09. The second-order valence-corrected chi connectivity index (χ2v) is 13.9. The molecule has 4 nitrogen and oxygen atoms in total. The number of ether oxygens (including phenoxy) is 2. The van der Waals surface area contributed by atoms with Crippen molar-refractivity contribution in [3.8, 4) is 11.7 Å². The van der Waals surface area contributed by atoms with Crippen LogP contribution in [-0.2, 0) is 6.42 Å². The fourth-order valence-corrected chi connectivity index (χ4v) is 4.93. The Kier molecular flexibility index (Phi) is 9.70. The average Bonchev–Trinajstić information content (AvgIpc) is 2.60. The molecule has 0 amide bonds. The highest BCUT2D eigenvalue weighted by atomic mass is 28.3. The third kappa shape index (κ3) is 8.48. The zero-order valence-electron chi connectivity index (χ0n) is 19.7. The van der Waals surface area contributed by atoms with Crippen LogP contribution in [0.5, 0.6) is 11.7 Å². The Morgan fingerprint density at radius 3 is 2.21 bits per heavy atom. The first-order chi connectivity index (χ1) is 13.5. The van der Waals surface area contributed by atoms with E-state index in [1.807, 2.05) is 0 Å². The molecule has 0 bridgehead atoms. The topological polar surface area (TPSA) is 48.7 Å². The molecule has 0 saturated heterocycles. The first-order valence-electron chi connectivity index (χ1n) is 10.2. The van der Waals surface area contributed by atoms with Crippen molar-refractivity contribution in [3.05, 3.63) is 56.1 Å². The molecule has 162 valence electrons. The number of rotatable bonds is 10. The quantitative estimate of drug-likeness (QED) is 0.326. The van der Waals surface area contributed by atoms with Crippen LogP contribution < -0.4 is 14.9 Å². The summed E-state index contributed by atoms with van der Waals surface area (Å²) < 4.78 is 16.0. The minimum Gasteiger partial charge on any atom is -0.487 e. The van der Waals surface area contributed by atoms with Crippen molar-refractivity contribution in [2.45, 2.75) is 73.0 Å². The van der Waals surface area contributed by atoms with Gasteiger partial charge in [0, 0.05) is 12.0 Å². The van der Waals surface area contributed by atoms with E-state index in [2.05, 4.69) is 58.3 Å². The molecule has 1 aromatic rings. The van der Waals surface area contributed by atoms with E-state index >= 15 is 0 Å². The van der Waals surface area contributed by atoms with Gasteiger partial charge < -0.3 is 13.9 Å². The van der Waals surface area contributed by atoms with E-state index in [9.17, 15) is 4.79 Å². The van der Waals surface area contributed by atoms with Gasteiger partial charge in [0.1, 0.15) is 5.76 Å². The van der Waals surface area contributed by atoms with Crippen LogP contribution in [0.25, 0.3) is 0 Å². The van der Waals surface area contributed by atoms with Crippen LogP contribution in [-0.4, -0.2) is 22.3 Å². The van der Waals surface area contributed by atoms with E-state index in [-0.39, 0.29) is 17.1 Å². The Morgan fingerprint density at radius 1 is 1.00 bits per heavy atom. The van der Waals surface area contributed by atoms with Crippen molar-refractivity contribution in [1.29, 1.82) is 0 Å². The van der Waals surface area contributed by atoms with Crippen molar-refractivity contribution in [3.63, 3.8) is 0 Å². The van der Waals surface area contributed by atoms with Gasteiger partial charge in [0.25, 0.3) is 0 Å². The highest BCUT2D eigenvalue weighted by molar-refractivity contribution is 6.81. The second-order valence-electron chi connectivity index (χ2n) is 8.88. The monoisotopic (exact) mass is 418 g/mol. The first-order valence-corrected chi connectivity index (χ1v) is 13.8. The largest absolute Gasteiger partial charge is 0.487 e. The SMILES string of the molecule is COc1oc(C/C=C(\C)CC/C=C(/C)C/C(C)=C/[Si](C)(C)C)c(C)c(=O)c1OC. The van der Waals surface area contributed by atoms with Crippen molar-refractivity contribution < 1.29 is 13.9 Å². The lowest BCUT2D eigenvalue weighted by molar-refractivity contribution is 0.254. The molecule has 0 aliphatic rings. The molecule has 0 radical (unpaired) electrons. The molecule has 29 heavy (non-hydrogen) atoms. The van der Waals surface area contributed by atoms with Gasteiger partial charge in [-0.15, -0.1) is 0 Å². The van der Waals surface area contributed by atoms with Crippen LogP contribution in [0.4, 0.5) is 0 Å². The van der Waals surface area contributed by atoms with Gasteiger partial charge in [0.05, 0.1) is 22.3 Å². The Balaban J connectivity index is 2.73. The molecular formula is C24H38O4Si. The lowest BCUT2D eigenvalue weighted by Gasteiger charge is -2.12. The van der Waals surface area contributed by atoms with Gasteiger partial charge in [-0.3, -0.25) is 4.79 Å². The van der Waals surface area contributed by atoms with Gasteiger partial charge in [0.2, 0.25) is 11.2 Å². The third-order valence-electron chi connectivity index (χ3n) is 4.66. The predicted molar refractivity (Wildman–Crippen MR) is 125 cm³/mol. The maximum atomic E-state index is 12.4. The Morgan fingerprint density at radius 2 is 1.66 bits per heavy atom. The number of hydrogen-bond acceptors (Lipinski definition) is 4. The minimum atomic E-state index is -1.15. The molecule has 0 aromatic carbocycles. The van der Waals surface area contributed by atoms with Crippen molar-refractivity contribution >= 4 is 8.07 Å². The van der Waals surface area contributed by atoms with Gasteiger partial charge in [-0.2, -0.15) is 0 Å². The third-order valence-corrected chi connectivity index (χ3v) is 6.02. The standard InChI is InChI=1S/C24H38O4Si/c1-17(11-10-12-18(2)15-19(3)16-29(7,8)9)13-14-21-20(4)22(25)23(26-5)24(27-6)28-21/h12-13,16H,10-11,14-15H2,1-9H3/b17-13+,18-12-,19-16+. The van der Waals surface area contributed by atoms with E-state index in [0.717, 1.165) is 19.3 Å². The average molecular weight is 419 g/mol. The fraction of sp³-hybridized carbons (Fsp3) is 0.542. The molecular weight excluding hydrogens is 380 g/mol. The van der Waals surface area contributed by atoms with Crippen LogP contribution in [0.1, 0.15) is 51.4 Å². The normalized spacial score (nSPS) is 13.6. The molecule has 0 aliphatic carbocycles. The van der Waals surface area contributed by atoms with Crippen molar-refractivity contribution in [2.75, 3.05) is 14.2 Å². The first kappa shape index (κ1) is 25.0. The fourth-order valence-electron chi connectivity index (χ4n) is 3.35. The summed E-state index contributed by atoms with van der Waals surface area (Å²) in [6.45, 7) is 15.4. The van der Waals surface area contributed by atoms with E-state index in [1.165, 1.54) is 30.9 Å². The van der Waals surface area contributed by atoms with Gasteiger partial charge in [0.15, 0.2) is 0 Å². The van der Waals surface area contributed by atoms with E-state index < -0.39 is 8.07 Å². The van der Waals surface area contributed by atoms with Gasteiger partial charge >= 0.3 is 5.95 Å². The molecule has 0 fully saturated rings. The maximum Gasteiger partial charge on any atom is 0.332 e. The molecule has 0 atom stereocenters. The molecule has 0 unspecified atom stereocenters. The second kappa shape index (κ2) is 11.2. The zero-order chi connectivity index (χ0) is 22.2. The Hall–Kier alpha value is -2.01. The maximum absolute atomic E-state index is 12.4. The molecule has 5 heteroatoms. The van der Waals surface area contributed by atoms with Crippen LogP contribution >= 0.6 is 0 Å². The van der Waals surface area contributed by atoms with Gasteiger partial charge in [-0.25, -0.2) is 0 Å². The van der Waals surface area contributed by atoms with E-state index in [0.29, 0.717) is 17.7 Å². The number of hydrogen-bond donors (Lipinski definition) is 0. The van der Waals surface area contributed by atoms with Gasteiger partial charge in [-0.05, 0) is 47.0 Å². The van der Waals surface area contributed by atoms with E-state index in [4.69, 9.17) is 13.9 Å². The molecule has 0 spiro atoms. The summed E-state index contributed by atoms with van der Waals surface area (Å²) in [5.41, 5.74) is 7.04. The summed E-state index contributed by atoms with van der Waals surface area (Å²) >= 11 is 0. The van der Waals surface area contributed by atoms with Crippen LogP contribution in [0.3, 0.4) is 0 Å². The lowest BCUT2D eigenvalue weighted by Crippen LogP contribution is -2.16. The van der Waals surface area contributed by atoms with Crippen LogP contribution in [0.15, 0.2) is 43.8 Å². The molecule has 1 heterocycles. The van der Waals surface area contributed by atoms with Crippen molar-refractivity contribution in [2.24, 2.45) is 0 Å². The van der Waals surface area contributed by atoms with Crippen LogP contribution in [0, 0.1) is 6.92 Å². The molecule has 0 saturated carbocycles. The molecule has 0 aliphatic heterocycles. The summed E-state index contributed by atoms with van der Waals surface area (Å²) in [5, 5.41) is 0. The summed E-state index contributed by atoms with van der Waals surface area (Å²) in [4.78, 5) is 12.4. The summed E-state index contributed by atoms with van der Waals surface area (Å²) in [5.74, 6) is 0.865. The zero-order valence-corrected chi connectivity index (χ0v) is 20.7. The predicted octanol–water partition coefficient (Wildman–Crippen LogP) is 6.39. The number of allylic oxidation sites excluding steroid dienone is 5. The summed E-state index contributed by atoms with van der Waals surface area (Å²) in [6, 6.07) is 0. The molecule has 0 N–H and O–H groups in total. The van der Waals surface area contributed by atoms with Crippen molar-refractivity contribution in [1.82, 2.24) is 0 Å². The highest BCUT2D eigenvalue weighted by Crippen LogP contribution is 2.26. The Labute approximate surface area is 177 Å². The lowest BCUT2D eigenvalue weighted by atomic mass is 10.0. The Bertz CT molecular complexity index is 836. The van der Waals surface area contributed by atoms with Gasteiger partial charge in [-0.1, -0.05) is 54.2 Å². The molecule has 1 rings (SSSR count).